The van der Waals surface area contributed by atoms with Crippen molar-refractivity contribution < 1.29 is 28.7 Å². The van der Waals surface area contributed by atoms with Crippen molar-refractivity contribution in [3.05, 3.63) is 102 Å². The largest absolute Gasteiger partial charge is 0.493 e. The minimum absolute atomic E-state index is 0.102. The van der Waals surface area contributed by atoms with Gasteiger partial charge in [-0.3, -0.25) is 24.0 Å². The first-order chi connectivity index (χ1) is 27.6. The van der Waals surface area contributed by atoms with Crippen molar-refractivity contribution >= 4 is 40.4 Å². The van der Waals surface area contributed by atoms with Crippen molar-refractivity contribution in [2.45, 2.75) is 83.0 Å². The molecule has 2 aliphatic rings. The third-order valence-electron chi connectivity index (χ3n) is 10.9. The highest BCUT2D eigenvalue weighted by Gasteiger charge is 2.31. The number of likely N-dealkylation sites (tertiary alicyclic amines) is 1. The average molecular weight is 778 g/mol. The smallest absolute Gasteiger partial charge is 0.255 e. The van der Waals surface area contributed by atoms with E-state index in [1.54, 1.807) is 30.5 Å². The summed E-state index contributed by atoms with van der Waals surface area (Å²) in [6.07, 6.45) is 4.99. The number of aromatic nitrogens is 1. The molecule has 0 saturated carbocycles. The fourth-order valence-electron chi connectivity index (χ4n) is 7.59. The third kappa shape index (κ3) is 11.4. The van der Waals surface area contributed by atoms with Crippen LogP contribution in [0.2, 0.25) is 0 Å². The summed E-state index contributed by atoms with van der Waals surface area (Å²) in [4.78, 5) is 75.2. The van der Waals surface area contributed by atoms with Gasteiger partial charge in [0.2, 0.25) is 23.6 Å². The first kappa shape index (κ1) is 41.0. The molecule has 3 atom stereocenters. The summed E-state index contributed by atoms with van der Waals surface area (Å²) in [6.45, 7) is 7.27. The fraction of sp³-hybridized carbons (Fsp3) is 0.432. The van der Waals surface area contributed by atoms with E-state index in [-0.39, 0.29) is 37.5 Å². The minimum atomic E-state index is -1.25. The van der Waals surface area contributed by atoms with Crippen molar-refractivity contribution in [2.75, 3.05) is 32.8 Å². The highest BCUT2D eigenvalue weighted by Crippen LogP contribution is 2.23. The normalized spacial score (nSPS) is 20.9. The maximum atomic E-state index is 14.2. The Kier molecular flexibility index (Phi) is 14.3. The van der Waals surface area contributed by atoms with E-state index < -0.39 is 48.2 Å². The van der Waals surface area contributed by atoms with E-state index in [4.69, 9.17) is 4.74 Å². The van der Waals surface area contributed by atoms with Gasteiger partial charge in [-0.25, -0.2) is 0 Å². The topological polar surface area (TPSA) is 174 Å². The van der Waals surface area contributed by atoms with Gasteiger partial charge in [-0.05, 0) is 87.9 Å². The molecule has 57 heavy (non-hydrogen) atoms. The van der Waals surface area contributed by atoms with Crippen LogP contribution in [0.5, 0.6) is 5.75 Å². The number of carbonyl (C=O) groups is 5. The van der Waals surface area contributed by atoms with Crippen molar-refractivity contribution in [1.29, 1.82) is 0 Å². The Bertz CT molecular complexity index is 1990. The molecule has 3 aromatic carbocycles. The monoisotopic (exact) mass is 777 g/mol. The van der Waals surface area contributed by atoms with Gasteiger partial charge in [0.25, 0.3) is 5.91 Å². The van der Waals surface area contributed by atoms with Gasteiger partial charge in [-0.2, -0.15) is 0 Å². The number of nitrogens with one attached hydrogen (secondary N) is 6. The zero-order valence-electron chi connectivity index (χ0n) is 32.9. The molecular formula is C44H55N7O6. The van der Waals surface area contributed by atoms with Gasteiger partial charge in [0.05, 0.1) is 18.6 Å². The Morgan fingerprint density at radius 1 is 0.842 bits per heavy atom. The van der Waals surface area contributed by atoms with Crippen LogP contribution in [0.3, 0.4) is 0 Å². The SMILES string of the molecule is CC(C)N1CCC(CCNC(=O)[C@@H]2CC(=O)N[C@@H](Cc3c[nH]c4ccccc34)C(=O)N[C@@H](Cc3ccccc3)C(=O)NCCCOc3ccccc3C(=O)N2)CC1. The molecule has 4 aromatic rings. The fourth-order valence-corrected chi connectivity index (χ4v) is 7.59. The number of hydrogen-bond acceptors (Lipinski definition) is 7. The number of H-pyrrole nitrogens is 1. The molecule has 0 bridgehead atoms. The number of amides is 5. The van der Waals surface area contributed by atoms with E-state index in [9.17, 15) is 24.0 Å². The first-order valence-electron chi connectivity index (χ1n) is 20.2. The van der Waals surface area contributed by atoms with E-state index in [1.807, 2.05) is 54.6 Å². The quantitative estimate of drug-likeness (QED) is 0.151. The number of ether oxygens (including phenoxy) is 1. The highest BCUT2D eigenvalue weighted by molar-refractivity contribution is 6.01. The summed E-state index contributed by atoms with van der Waals surface area (Å²) in [5.74, 6) is -1.86. The molecule has 0 unspecified atom stereocenters. The van der Waals surface area contributed by atoms with Crippen LogP contribution < -0.4 is 31.3 Å². The molecule has 0 spiro atoms. The third-order valence-corrected chi connectivity index (χ3v) is 10.9. The van der Waals surface area contributed by atoms with Gasteiger partial charge in [0, 0.05) is 49.1 Å². The summed E-state index contributed by atoms with van der Waals surface area (Å²) >= 11 is 0. The van der Waals surface area contributed by atoms with Crippen molar-refractivity contribution in [2.24, 2.45) is 5.92 Å². The maximum Gasteiger partial charge on any atom is 0.255 e. The molecule has 0 aliphatic carbocycles. The van der Waals surface area contributed by atoms with E-state index in [2.05, 4.69) is 50.3 Å². The van der Waals surface area contributed by atoms with Crippen LogP contribution in [0.15, 0.2) is 85.1 Å². The molecule has 13 heteroatoms. The molecule has 302 valence electrons. The molecule has 0 radical (unpaired) electrons. The lowest BCUT2D eigenvalue weighted by Gasteiger charge is -2.34. The first-order valence-corrected chi connectivity index (χ1v) is 20.2. The van der Waals surface area contributed by atoms with Crippen molar-refractivity contribution in [3.8, 4) is 5.75 Å². The predicted octanol–water partition coefficient (Wildman–Crippen LogP) is 3.64. The maximum absolute atomic E-state index is 14.2. The van der Waals surface area contributed by atoms with Crippen LogP contribution in [-0.2, 0) is 32.0 Å². The van der Waals surface area contributed by atoms with Crippen LogP contribution in [-0.4, -0.2) is 96.4 Å². The Labute approximate surface area is 334 Å². The number of piperidine rings is 1. The summed E-state index contributed by atoms with van der Waals surface area (Å²) in [5.41, 5.74) is 2.71. The van der Waals surface area contributed by atoms with Gasteiger partial charge >= 0.3 is 0 Å². The number of carbonyl (C=O) groups excluding carboxylic acids is 5. The molecule has 2 aliphatic heterocycles. The molecule has 1 saturated heterocycles. The average Bonchev–Trinajstić information content (AvgIpc) is 3.62. The Balaban J connectivity index is 1.25. The molecule has 1 fully saturated rings. The molecular weight excluding hydrogens is 723 g/mol. The number of fused-ring (bicyclic) bond motifs is 2. The highest BCUT2D eigenvalue weighted by atomic mass is 16.5. The van der Waals surface area contributed by atoms with Crippen LogP contribution in [0.25, 0.3) is 10.9 Å². The van der Waals surface area contributed by atoms with Crippen LogP contribution in [0.4, 0.5) is 0 Å². The van der Waals surface area contributed by atoms with Crippen LogP contribution >= 0.6 is 0 Å². The van der Waals surface area contributed by atoms with Crippen LogP contribution in [0.1, 0.15) is 67.4 Å². The van der Waals surface area contributed by atoms with E-state index >= 15 is 0 Å². The molecule has 13 nitrogen and oxygen atoms in total. The van der Waals surface area contributed by atoms with Gasteiger partial charge < -0.3 is 41.2 Å². The second-order valence-electron chi connectivity index (χ2n) is 15.3. The second-order valence-corrected chi connectivity index (χ2v) is 15.3. The Morgan fingerprint density at radius 2 is 1.56 bits per heavy atom. The summed E-state index contributed by atoms with van der Waals surface area (Å²) in [6, 6.07) is 20.9. The van der Waals surface area contributed by atoms with E-state index in [1.165, 1.54) is 0 Å². The summed E-state index contributed by atoms with van der Waals surface area (Å²) < 4.78 is 5.98. The standard InChI is InChI=1S/C44H55N7O6/c1-29(2)51-22-18-30(19-23-51)17-21-46-43(55)38-27-40(52)48-37(26-32-28-47-35-15-8-6-13-33(32)35)44(56)50-36(25-31-11-4-3-5-12-31)42(54)45-20-10-24-57-39-16-9-7-14-34(39)41(53)49-38/h3-9,11-16,28-30,36-38,47H,10,17-27H2,1-2H3,(H,45,54)(H,46,55)(H,48,52)(H,49,53)(H,50,56)/t36-,37-,38-/m0/s1. The molecule has 1 aromatic heterocycles. The number of para-hydroxylation sites is 2. The number of rotatable bonds is 9. The van der Waals surface area contributed by atoms with E-state index in [0.717, 1.165) is 54.4 Å². The van der Waals surface area contributed by atoms with Crippen molar-refractivity contribution in [3.63, 3.8) is 0 Å². The summed E-state index contributed by atoms with van der Waals surface area (Å²) in [5, 5.41) is 15.3. The zero-order chi connectivity index (χ0) is 40.1. The zero-order valence-corrected chi connectivity index (χ0v) is 32.9. The molecule has 3 heterocycles. The Morgan fingerprint density at radius 3 is 2.35 bits per heavy atom. The van der Waals surface area contributed by atoms with Crippen molar-refractivity contribution in [1.82, 2.24) is 36.5 Å². The van der Waals surface area contributed by atoms with Crippen LogP contribution in [0, 0.1) is 5.92 Å². The number of aromatic amines is 1. The predicted molar refractivity (Wildman–Crippen MR) is 219 cm³/mol. The Hall–Kier alpha value is -5.69. The lowest BCUT2D eigenvalue weighted by Crippen LogP contribution is -2.56. The lowest BCUT2D eigenvalue weighted by atomic mass is 9.93. The summed E-state index contributed by atoms with van der Waals surface area (Å²) in [7, 11) is 0. The number of nitrogens with zero attached hydrogens (tertiary/aromatic N) is 1. The molecule has 6 N–H and O–H groups in total. The van der Waals surface area contributed by atoms with Gasteiger partial charge in [-0.1, -0.05) is 60.7 Å². The minimum Gasteiger partial charge on any atom is -0.493 e. The lowest BCUT2D eigenvalue weighted by molar-refractivity contribution is -0.133. The second kappa shape index (κ2) is 19.9. The molecule has 5 amide bonds. The number of hydrogen-bond donors (Lipinski definition) is 6. The van der Waals surface area contributed by atoms with Gasteiger partial charge in [0.15, 0.2) is 0 Å². The van der Waals surface area contributed by atoms with Gasteiger partial charge in [-0.15, -0.1) is 0 Å². The van der Waals surface area contributed by atoms with E-state index in [0.29, 0.717) is 30.7 Å². The number of benzene rings is 3. The van der Waals surface area contributed by atoms with Gasteiger partial charge in [0.1, 0.15) is 23.9 Å². The molecule has 6 rings (SSSR count).